The van der Waals surface area contributed by atoms with Crippen LogP contribution in [0.2, 0.25) is 0 Å². The van der Waals surface area contributed by atoms with Gasteiger partial charge in [0.2, 0.25) is 5.91 Å². The molecular formula is C25H47NO2. The van der Waals surface area contributed by atoms with Crippen LogP contribution >= 0.6 is 0 Å². The molecule has 1 N–H and O–H groups in total. The predicted octanol–water partition coefficient (Wildman–Crippen LogP) is 6.36. The molecule has 0 aromatic heterocycles. The number of nitrogens with zero attached hydrogens (tertiary/aromatic N) is 1. The van der Waals surface area contributed by atoms with Gasteiger partial charge in [0, 0.05) is 19.2 Å². The first-order valence-electron chi connectivity index (χ1n) is 11.9. The first kappa shape index (κ1) is 25.2. The number of piperidine rings is 1. The number of likely N-dealkylation sites (tertiary alicyclic amines) is 1. The molecule has 3 nitrogen and oxygen atoms in total. The van der Waals surface area contributed by atoms with Gasteiger partial charge in [0.05, 0.1) is 6.10 Å². The predicted molar refractivity (Wildman–Crippen MR) is 120 cm³/mol. The van der Waals surface area contributed by atoms with E-state index in [0.717, 1.165) is 43.6 Å². The second-order valence-electron chi connectivity index (χ2n) is 9.93. The Morgan fingerprint density at radius 3 is 2.14 bits per heavy atom. The number of amides is 1. The van der Waals surface area contributed by atoms with E-state index in [4.69, 9.17) is 0 Å². The lowest BCUT2D eigenvalue weighted by Gasteiger charge is -2.29. The van der Waals surface area contributed by atoms with E-state index >= 15 is 0 Å². The maximum atomic E-state index is 12.3. The molecule has 0 aliphatic carbocycles. The van der Waals surface area contributed by atoms with Crippen LogP contribution in [0.15, 0.2) is 11.6 Å². The molecule has 1 aliphatic heterocycles. The van der Waals surface area contributed by atoms with Gasteiger partial charge in [-0.3, -0.25) is 4.79 Å². The monoisotopic (exact) mass is 393 g/mol. The smallest absolute Gasteiger partial charge is 0.246 e. The molecule has 1 fully saturated rings. The molecule has 28 heavy (non-hydrogen) atoms. The molecule has 1 heterocycles. The molecule has 0 aromatic rings. The van der Waals surface area contributed by atoms with E-state index in [-0.39, 0.29) is 12.0 Å². The van der Waals surface area contributed by atoms with Crippen LogP contribution in [0.1, 0.15) is 105 Å². The standard InChI is InChI=1S/C25H47NO2/c1-20(2)10-6-11-21(3)12-7-13-22(4)14-8-15-23(5)18-25(28)26-17-9-16-24(27)19-26/h18,20-22,24,27H,6-17,19H2,1-5H3. The van der Waals surface area contributed by atoms with E-state index in [1.807, 2.05) is 0 Å². The third kappa shape index (κ3) is 11.9. The van der Waals surface area contributed by atoms with Gasteiger partial charge >= 0.3 is 0 Å². The molecule has 3 atom stereocenters. The summed E-state index contributed by atoms with van der Waals surface area (Å²) in [6.45, 7) is 12.8. The number of aliphatic hydroxyl groups excluding tert-OH is 1. The summed E-state index contributed by atoms with van der Waals surface area (Å²) in [6, 6.07) is 0. The zero-order chi connectivity index (χ0) is 20.9. The van der Waals surface area contributed by atoms with Gasteiger partial charge in [-0.25, -0.2) is 0 Å². The van der Waals surface area contributed by atoms with Crippen LogP contribution in [0.4, 0.5) is 0 Å². The number of carbonyl (C=O) groups excluding carboxylic acids is 1. The third-order valence-corrected chi connectivity index (χ3v) is 6.22. The minimum atomic E-state index is -0.342. The summed E-state index contributed by atoms with van der Waals surface area (Å²) in [5.41, 5.74) is 1.18. The highest BCUT2D eigenvalue weighted by Gasteiger charge is 2.20. The molecule has 0 bridgehead atoms. The fourth-order valence-corrected chi connectivity index (χ4v) is 4.24. The van der Waals surface area contributed by atoms with E-state index < -0.39 is 0 Å². The SMILES string of the molecule is CC(=CC(=O)N1CCCC(O)C1)CCCC(C)CCCC(C)CCCC(C)C. The van der Waals surface area contributed by atoms with Gasteiger partial charge in [-0.2, -0.15) is 0 Å². The Labute approximate surface area is 175 Å². The Morgan fingerprint density at radius 1 is 1.00 bits per heavy atom. The highest BCUT2D eigenvalue weighted by atomic mass is 16.3. The quantitative estimate of drug-likeness (QED) is 0.370. The van der Waals surface area contributed by atoms with E-state index in [9.17, 15) is 9.90 Å². The van der Waals surface area contributed by atoms with Gasteiger partial charge in [0.25, 0.3) is 0 Å². The number of hydrogen-bond donors (Lipinski definition) is 1. The Hall–Kier alpha value is -0.830. The van der Waals surface area contributed by atoms with Crippen LogP contribution < -0.4 is 0 Å². The van der Waals surface area contributed by atoms with E-state index in [2.05, 4.69) is 34.6 Å². The molecule has 1 amide bonds. The van der Waals surface area contributed by atoms with Gasteiger partial charge in [-0.15, -0.1) is 0 Å². The highest BCUT2D eigenvalue weighted by Crippen LogP contribution is 2.22. The van der Waals surface area contributed by atoms with Crippen molar-refractivity contribution in [3.05, 3.63) is 11.6 Å². The zero-order valence-corrected chi connectivity index (χ0v) is 19.4. The number of allylic oxidation sites excluding steroid dienone is 1. The maximum Gasteiger partial charge on any atom is 0.246 e. The van der Waals surface area contributed by atoms with E-state index in [1.165, 1.54) is 56.9 Å². The van der Waals surface area contributed by atoms with Crippen molar-refractivity contribution < 1.29 is 9.90 Å². The lowest BCUT2D eigenvalue weighted by molar-refractivity contribution is -0.129. The van der Waals surface area contributed by atoms with Gasteiger partial charge in [0.1, 0.15) is 0 Å². The number of hydrogen-bond acceptors (Lipinski definition) is 2. The summed E-state index contributed by atoms with van der Waals surface area (Å²) >= 11 is 0. The van der Waals surface area contributed by atoms with Crippen LogP contribution in [-0.4, -0.2) is 35.1 Å². The van der Waals surface area contributed by atoms with Gasteiger partial charge in [0.15, 0.2) is 0 Å². The van der Waals surface area contributed by atoms with Crippen molar-refractivity contribution in [2.45, 2.75) is 111 Å². The van der Waals surface area contributed by atoms with Gasteiger partial charge in [-0.05, 0) is 50.4 Å². The number of carbonyl (C=O) groups is 1. The molecule has 0 aromatic carbocycles. The summed E-state index contributed by atoms with van der Waals surface area (Å²) in [7, 11) is 0. The maximum absolute atomic E-state index is 12.3. The number of aliphatic hydroxyl groups is 1. The van der Waals surface area contributed by atoms with Crippen molar-refractivity contribution in [3.8, 4) is 0 Å². The molecule has 3 unspecified atom stereocenters. The first-order valence-corrected chi connectivity index (χ1v) is 11.9. The lowest BCUT2D eigenvalue weighted by Crippen LogP contribution is -2.41. The van der Waals surface area contributed by atoms with Gasteiger partial charge < -0.3 is 10.0 Å². The molecule has 1 rings (SSSR count). The summed E-state index contributed by atoms with van der Waals surface area (Å²) in [6.07, 6.45) is 14.8. The Balaban J connectivity index is 2.12. The Bertz CT molecular complexity index is 457. The van der Waals surface area contributed by atoms with Crippen molar-refractivity contribution in [2.24, 2.45) is 17.8 Å². The molecule has 1 aliphatic rings. The van der Waals surface area contributed by atoms with Crippen LogP contribution in [-0.2, 0) is 4.79 Å². The molecule has 3 heteroatoms. The molecule has 1 saturated heterocycles. The summed E-state index contributed by atoms with van der Waals surface area (Å²) in [5.74, 6) is 2.57. The van der Waals surface area contributed by atoms with Crippen molar-refractivity contribution in [1.29, 1.82) is 0 Å². The third-order valence-electron chi connectivity index (χ3n) is 6.22. The molecule has 0 radical (unpaired) electrons. The highest BCUT2D eigenvalue weighted by molar-refractivity contribution is 5.88. The van der Waals surface area contributed by atoms with Crippen LogP contribution in [0.3, 0.4) is 0 Å². The van der Waals surface area contributed by atoms with E-state index in [1.54, 1.807) is 11.0 Å². The van der Waals surface area contributed by atoms with E-state index in [0.29, 0.717) is 6.54 Å². The second kappa shape index (κ2) is 14.2. The van der Waals surface area contributed by atoms with Crippen LogP contribution in [0.25, 0.3) is 0 Å². The normalized spacial score (nSPS) is 20.5. The second-order valence-corrected chi connectivity index (χ2v) is 9.93. The minimum Gasteiger partial charge on any atom is -0.391 e. The Kier molecular flexibility index (Phi) is 12.8. The largest absolute Gasteiger partial charge is 0.391 e. The topological polar surface area (TPSA) is 40.5 Å². The molecule has 0 saturated carbocycles. The fraction of sp³-hybridized carbons (Fsp3) is 0.880. The summed E-state index contributed by atoms with van der Waals surface area (Å²) in [5, 5.41) is 9.72. The lowest BCUT2D eigenvalue weighted by atomic mass is 9.91. The van der Waals surface area contributed by atoms with Crippen molar-refractivity contribution in [3.63, 3.8) is 0 Å². The fourth-order valence-electron chi connectivity index (χ4n) is 4.24. The molecule has 0 spiro atoms. The number of rotatable bonds is 13. The van der Waals surface area contributed by atoms with Gasteiger partial charge in [-0.1, -0.05) is 78.2 Å². The molecular weight excluding hydrogens is 346 g/mol. The molecule has 164 valence electrons. The summed E-state index contributed by atoms with van der Waals surface area (Å²) < 4.78 is 0. The number of β-amino-alcohol motifs (C(OH)–C–C–N with tert-alkyl or cyclic N) is 1. The minimum absolute atomic E-state index is 0.0794. The Morgan fingerprint density at radius 2 is 1.57 bits per heavy atom. The van der Waals surface area contributed by atoms with Crippen molar-refractivity contribution in [1.82, 2.24) is 4.90 Å². The average molecular weight is 394 g/mol. The van der Waals surface area contributed by atoms with Crippen molar-refractivity contribution in [2.75, 3.05) is 13.1 Å². The first-order chi connectivity index (χ1) is 13.3. The zero-order valence-electron chi connectivity index (χ0n) is 19.4. The van der Waals surface area contributed by atoms with Crippen molar-refractivity contribution >= 4 is 5.91 Å². The van der Waals surface area contributed by atoms with Crippen LogP contribution in [0, 0.1) is 17.8 Å². The average Bonchev–Trinajstić information content (AvgIpc) is 2.61. The summed E-state index contributed by atoms with van der Waals surface area (Å²) in [4.78, 5) is 14.1. The van der Waals surface area contributed by atoms with Crippen LogP contribution in [0.5, 0.6) is 0 Å².